The molecule has 2 heteroatoms. The molecule has 2 rings (SSSR count). The Bertz CT molecular complexity index is 489. The number of hydrogen-bond acceptors (Lipinski definition) is 2. The van der Waals surface area contributed by atoms with Crippen LogP contribution in [0.5, 0.6) is 0 Å². The average Bonchev–Trinajstić information content (AvgIpc) is 2.39. The van der Waals surface area contributed by atoms with Crippen molar-refractivity contribution >= 4 is 0 Å². The average molecular weight is 226 g/mol. The van der Waals surface area contributed by atoms with Gasteiger partial charge in [-0.15, -0.1) is 0 Å². The highest BCUT2D eigenvalue weighted by Gasteiger charge is 2.04. The zero-order valence-corrected chi connectivity index (χ0v) is 10.1. The molecule has 17 heavy (non-hydrogen) atoms. The number of aryl methyl sites for hydroxylation is 1. The van der Waals surface area contributed by atoms with E-state index in [0.717, 1.165) is 5.56 Å². The van der Waals surface area contributed by atoms with Crippen LogP contribution < -0.4 is 11.5 Å². The molecule has 0 aliphatic carbocycles. The first-order valence-corrected chi connectivity index (χ1v) is 5.83. The van der Waals surface area contributed by atoms with E-state index in [1.165, 1.54) is 16.7 Å². The van der Waals surface area contributed by atoms with Gasteiger partial charge in [-0.1, -0.05) is 48.0 Å². The standard InChI is InChI=1S/C15H18N2/c1-11-5-7-12(8-6-11)13-3-2-4-14(9-13)15(17)10-16/h2-9,15H,10,16-17H2,1H3. The van der Waals surface area contributed by atoms with E-state index >= 15 is 0 Å². The Morgan fingerprint density at radius 3 is 2.35 bits per heavy atom. The molecule has 0 spiro atoms. The predicted molar refractivity (Wildman–Crippen MR) is 72.6 cm³/mol. The predicted octanol–water partition coefficient (Wildman–Crippen LogP) is 2.62. The molecule has 4 N–H and O–H groups in total. The fraction of sp³-hybridized carbons (Fsp3) is 0.200. The highest BCUT2D eigenvalue weighted by Crippen LogP contribution is 2.22. The van der Waals surface area contributed by atoms with Gasteiger partial charge in [0.2, 0.25) is 0 Å². The Kier molecular flexibility index (Phi) is 3.57. The second kappa shape index (κ2) is 5.13. The third kappa shape index (κ3) is 2.73. The van der Waals surface area contributed by atoms with E-state index in [1.54, 1.807) is 0 Å². The normalized spacial score (nSPS) is 12.4. The lowest BCUT2D eigenvalue weighted by Gasteiger charge is -2.11. The first kappa shape index (κ1) is 11.8. The van der Waals surface area contributed by atoms with E-state index < -0.39 is 0 Å². The minimum Gasteiger partial charge on any atom is -0.329 e. The molecule has 2 aromatic rings. The largest absolute Gasteiger partial charge is 0.329 e. The molecule has 0 bridgehead atoms. The summed E-state index contributed by atoms with van der Waals surface area (Å²) in [6.07, 6.45) is 0. The van der Waals surface area contributed by atoms with Crippen LogP contribution in [0.15, 0.2) is 48.5 Å². The van der Waals surface area contributed by atoms with Crippen molar-refractivity contribution in [3.05, 3.63) is 59.7 Å². The van der Waals surface area contributed by atoms with E-state index in [9.17, 15) is 0 Å². The zero-order valence-electron chi connectivity index (χ0n) is 10.1. The summed E-state index contributed by atoms with van der Waals surface area (Å²) in [5.74, 6) is 0. The molecule has 1 unspecified atom stereocenters. The maximum absolute atomic E-state index is 5.94. The minimum absolute atomic E-state index is 0.0830. The van der Waals surface area contributed by atoms with Crippen LogP contribution in [0.1, 0.15) is 17.2 Å². The van der Waals surface area contributed by atoms with Crippen molar-refractivity contribution in [2.75, 3.05) is 6.54 Å². The molecule has 0 saturated carbocycles. The van der Waals surface area contributed by atoms with Gasteiger partial charge in [0, 0.05) is 12.6 Å². The van der Waals surface area contributed by atoms with Crippen LogP contribution in [0.25, 0.3) is 11.1 Å². The fourth-order valence-electron chi connectivity index (χ4n) is 1.83. The Balaban J connectivity index is 2.36. The summed E-state index contributed by atoms with van der Waals surface area (Å²) >= 11 is 0. The van der Waals surface area contributed by atoms with Gasteiger partial charge in [0.05, 0.1) is 0 Å². The summed E-state index contributed by atoms with van der Waals surface area (Å²) in [6.45, 7) is 2.56. The third-order valence-electron chi connectivity index (χ3n) is 2.95. The van der Waals surface area contributed by atoms with Gasteiger partial charge in [-0.3, -0.25) is 0 Å². The molecule has 0 saturated heterocycles. The first-order valence-electron chi connectivity index (χ1n) is 5.83. The second-order valence-corrected chi connectivity index (χ2v) is 4.33. The maximum atomic E-state index is 5.94. The molecular weight excluding hydrogens is 208 g/mol. The number of benzene rings is 2. The van der Waals surface area contributed by atoms with Crippen LogP contribution in [-0.2, 0) is 0 Å². The number of hydrogen-bond donors (Lipinski definition) is 2. The molecule has 88 valence electrons. The topological polar surface area (TPSA) is 52.0 Å². The van der Waals surface area contributed by atoms with Gasteiger partial charge < -0.3 is 11.5 Å². The second-order valence-electron chi connectivity index (χ2n) is 4.33. The molecule has 2 nitrogen and oxygen atoms in total. The van der Waals surface area contributed by atoms with Crippen molar-refractivity contribution < 1.29 is 0 Å². The summed E-state index contributed by atoms with van der Waals surface area (Å²) in [4.78, 5) is 0. The summed E-state index contributed by atoms with van der Waals surface area (Å²) in [5, 5.41) is 0. The van der Waals surface area contributed by atoms with Gasteiger partial charge in [0.15, 0.2) is 0 Å². The third-order valence-corrected chi connectivity index (χ3v) is 2.95. The van der Waals surface area contributed by atoms with E-state index in [0.29, 0.717) is 6.54 Å². The lowest BCUT2D eigenvalue weighted by Crippen LogP contribution is -2.20. The lowest BCUT2D eigenvalue weighted by atomic mass is 9.99. The van der Waals surface area contributed by atoms with Crippen molar-refractivity contribution in [3.63, 3.8) is 0 Å². The molecular formula is C15H18N2. The van der Waals surface area contributed by atoms with Crippen LogP contribution in [-0.4, -0.2) is 6.54 Å². The molecule has 0 aliphatic rings. The van der Waals surface area contributed by atoms with Crippen molar-refractivity contribution in [2.24, 2.45) is 11.5 Å². The fourth-order valence-corrected chi connectivity index (χ4v) is 1.83. The van der Waals surface area contributed by atoms with Gasteiger partial charge >= 0.3 is 0 Å². The SMILES string of the molecule is Cc1ccc(-c2cccc(C(N)CN)c2)cc1. The zero-order chi connectivity index (χ0) is 12.3. The van der Waals surface area contributed by atoms with Crippen LogP contribution in [0.4, 0.5) is 0 Å². The van der Waals surface area contributed by atoms with Crippen LogP contribution in [0.3, 0.4) is 0 Å². The maximum Gasteiger partial charge on any atom is 0.0419 e. The Morgan fingerprint density at radius 2 is 1.71 bits per heavy atom. The van der Waals surface area contributed by atoms with E-state index in [4.69, 9.17) is 11.5 Å². The number of nitrogens with two attached hydrogens (primary N) is 2. The van der Waals surface area contributed by atoms with E-state index in [1.807, 2.05) is 12.1 Å². The Hall–Kier alpha value is -1.64. The monoisotopic (exact) mass is 226 g/mol. The number of rotatable bonds is 3. The van der Waals surface area contributed by atoms with Gasteiger partial charge in [0.25, 0.3) is 0 Å². The van der Waals surface area contributed by atoms with Gasteiger partial charge in [-0.05, 0) is 29.7 Å². The van der Waals surface area contributed by atoms with Crippen molar-refractivity contribution in [3.8, 4) is 11.1 Å². The van der Waals surface area contributed by atoms with Crippen LogP contribution >= 0.6 is 0 Å². The van der Waals surface area contributed by atoms with Crippen LogP contribution in [0.2, 0.25) is 0 Å². The molecule has 0 heterocycles. The molecule has 0 amide bonds. The highest BCUT2D eigenvalue weighted by atomic mass is 14.7. The smallest absolute Gasteiger partial charge is 0.0419 e. The van der Waals surface area contributed by atoms with Crippen molar-refractivity contribution in [1.82, 2.24) is 0 Å². The van der Waals surface area contributed by atoms with Gasteiger partial charge in [-0.25, -0.2) is 0 Å². The van der Waals surface area contributed by atoms with Gasteiger partial charge in [0.1, 0.15) is 0 Å². The highest BCUT2D eigenvalue weighted by molar-refractivity contribution is 5.64. The molecule has 0 aliphatic heterocycles. The summed E-state index contributed by atoms with van der Waals surface area (Å²) in [6, 6.07) is 16.7. The first-order chi connectivity index (χ1) is 8.20. The molecule has 0 aromatic heterocycles. The molecule has 1 atom stereocenters. The lowest BCUT2D eigenvalue weighted by molar-refractivity contribution is 0.737. The molecule has 0 fully saturated rings. The van der Waals surface area contributed by atoms with Crippen molar-refractivity contribution in [1.29, 1.82) is 0 Å². The van der Waals surface area contributed by atoms with Crippen LogP contribution in [0, 0.1) is 6.92 Å². The summed E-state index contributed by atoms with van der Waals surface area (Å²) in [7, 11) is 0. The summed E-state index contributed by atoms with van der Waals surface area (Å²) in [5.41, 5.74) is 16.3. The Morgan fingerprint density at radius 1 is 1.00 bits per heavy atom. The van der Waals surface area contributed by atoms with Gasteiger partial charge in [-0.2, -0.15) is 0 Å². The van der Waals surface area contributed by atoms with E-state index in [-0.39, 0.29) is 6.04 Å². The summed E-state index contributed by atoms with van der Waals surface area (Å²) < 4.78 is 0. The quantitative estimate of drug-likeness (QED) is 0.845. The van der Waals surface area contributed by atoms with E-state index in [2.05, 4.69) is 43.3 Å². The molecule has 2 aromatic carbocycles. The molecule has 0 radical (unpaired) electrons. The minimum atomic E-state index is -0.0830. The van der Waals surface area contributed by atoms with Crippen molar-refractivity contribution in [2.45, 2.75) is 13.0 Å². The Labute approximate surface area is 102 Å².